The highest BCUT2D eigenvalue weighted by atomic mass is 16.5. The van der Waals surface area contributed by atoms with E-state index in [1.807, 2.05) is 0 Å². The Labute approximate surface area is 77.0 Å². The Bertz CT molecular complexity index is 255. The molecule has 5 N–H and O–H groups in total. The minimum Gasteiger partial charge on any atom is -0.479 e. The van der Waals surface area contributed by atoms with E-state index in [0.29, 0.717) is 0 Å². The molecule has 0 bridgehead atoms. The summed E-state index contributed by atoms with van der Waals surface area (Å²) in [7, 11) is 0. The Morgan fingerprint density at radius 1 is 1.07 bits per heavy atom. The van der Waals surface area contributed by atoms with Gasteiger partial charge in [-0.25, -0.2) is 14.4 Å². The molecule has 1 unspecified atom stereocenters. The predicted molar refractivity (Wildman–Crippen MR) is 38.5 cm³/mol. The number of aliphatic carboxylic acids is 3. The Morgan fingerprint density at radius 3 is 1.64 bits per heavy atom. The highest BCUT2D eigenvalue weighted by Crippen LogP contribution is 2.14. The van der Waals surface area contributed by atoms with Crippen molar-refractivity contribution in [1.82, 2.24) is 0 Å². The molecule has 0 aromatic heterocycles. The van der Waals surface area contributed by atoms with Crippen LogP contribution in [-0.4, -0.2) is 55.1 Å². The van der Waals surface area contributed by atoms with Crippen LogP contribution in [0.4, 0.5) is 0 Å². The van der Waals surface area contributed by atoms with Gasteiger partial charge in [0.2, 0.25) is 0 Å². The summed E-state index contributed by atoms with van der Waals surface area (Å²) in [6.07, 6.45) is -3.58. The fourth-order valence-corrected chi connectivity index (χ4v) is 0.633. The average Bonchev–Trinajstić information content (AvgIpc) is 2.02. The second kappa shape index (κ2) is 4.03. The maximum atomic E-state index is 10.3. The Hall–Kier alpha value is -1.67. The van der Waals surface area contributed by atoms with E-state index >= 15 is 0 Å². The second-order valence-electron chi connectivity index (χ2n) is 2.53. The molecule has 0 aliphatic carbocycles. The first-order valence-corrected chi connectivity index (χ1v) is 3.32. The molecule has 14 heavy (non-hydrogen) atoms. The van der Waals surface area contributed by atoms with Crippen molar-refractivity contribution < 1.29 is 39.9 Å². The molecule has 0 saturated carbocycles. The van der Waals surface area contributed by atoms with E-state index in [-0.39, 0.29) is 0 Å². The van der Waals surface area contributed by atoms with Crippen molar-refractivity contribution in [1.29, 1.82) is 0 Å². The van der Waals surface area contributed by atoms with Gasteiger partial charge in [-0.2, -0.15) is 0 Å². The van der Waals surface area contributed by atoms with Crippen LogP contribution in [0.5, 0.6) is 0 Å². The Kier molecular flexibility index (Phi) is 3.55. The fourth-order valence-electron chi connectivity index (χ4n) is 0.633. The molecule has 0 heterocycles. The normalized spacial score (nSPS) is 13.3. The monoisotopic (exact) mass is 208 g/mol. The molecule has 8 nitrogen and oxygen atoms in total. The van der Waals surface area contributed by atoms with Crippen LogP contribution in [0.1, 0.15) is 6.42 Å². The molecule has 80 valence electrons. The summed E-state index contributed by atoms with van der Waals surface area (Å²) in [6.45, 7) is 0. The van der Waals surface area contributed by atoms with Gasteiger partial charge < -0.3 is 25.5 Å². The van der Waals surface area contributed by atoms with Gasteiger partial charge in [0.25, 0.3) is 5.60 Å². The van der Waals surface area contributed by atoms with Crippen molar-refractivity contribution >= 4 is 17.9 Å². The van der Waals surface area contributed by atoms with E-state index in [4.69, 9.17) is 25.5 Å². The van der Waals surface area contributed by atoms with Gasteiger partial charge in [-0.05, 0) is 0 Å². The smallest absolute Gasteiger partial charge is 0.347 e. The first-order valence-electron chi connectivity index (χ1n) is 3.32. The van der Waals surface area contributed by atoms with Gasteiger partial charge in [0, 0.05) is 6.42 Å². The summed E-state index contributed by atoms with van der Waals surface area (Å²) < 4.78 is 0. The van der Waals surface area contributed by atoms with E-state index in [1.165, 1.54) is 0 Å². The zero-order chi connectivity index (χ0) is 11.5. The minimum atomic E-state index is -3.29. The maximum absolute atomic E-state index is 10.3. The first-order chi connectivity index (χ1) is 6.21. The van der Waals surface area contributed by atoms with E-state index in [0.717, 1.165) is 0 Å². The standard InChI is InChI=1S/C6H8O8/c7-2(3(8)9)1-6(14,4(10)11)5(12)13/h2,7,14H,1H2,(H,8,9)(H,10,11)(H,12,13). The molecular formula is C6H8O8. The topological polar surface area (TPSA) is 152 Å². The minimum absolute atomic E-state index is 1.33. The van der Waals surface area contributed by atoms with Crippen LogP contribution >= 0.6 is 0 Å². The molecule has 0 aromatic rings. The summed E-state index contributed by atoms with van der Waals surface area (Å²) in [4.78, 5) is 30.6. The number of carboxylic acid groups (broad SMARTS) is 3. The highest BCUT2D eigenvalue weighted by Gasteiger charge is 2.47. The Morgan fingerprint density at radius 2 is 1.43 bits per heavy atom. The quantitative estimate of drug-likeness (QED) is 0.317. The van der Waals surface area contributed by atoms with Crippen LogP contribution in [0, 0.1) is 0 Å². The van der Waals surface area contributed by atoms with Gasteiger partial charge in [0.1, 0.15) is 0 Å². The molecule has 0 spiro atoms. The van der Waals surface area contributed by atoms with Gasteiger partial charge in [0.15, 0.2) is 6.10 Å². The van der Waals surface area contributed by atoms with E-state index in [9.17, 15) is 14.4 Å². The van der Waals surface area contributed by atoms with Crippen molar-refractivity contribution in [3.8, 4) is 0 Å². The predicted octanol–water partition coefficient (Wildman–Crippen LogP) is -2.28. The van der Waals surface area contributed by atoms with Crippen LogP contribution in [0.2, 0.25) is 0 Å². The largest absolute Gasteiger partial charge is 0.479 e. The summed E-state index contributed by atoms with van der Waals surface area (Å²) in [5, 5.41) is 42.4. The molecule has 0 fully saturated rings. The zero-order valence-corrected chi connectivity index (χ0v) is 6.75. The number of hydrogen-bond acceptors (Lipinski definition) is 5. The molecule has 0 rings (SSSR count). The number of aliphatic hydroxyl groups excluding tert-OH is 1. The van der Waals surface area contributed by atoms with Crippen molar-refractivity contribution in [2.24, 2.45) is 0 Å². The van der Waals surface area contributed by atoms with Crippen molar-refractivity contribution in [3.63, 3.8) is 0 Å². The van der Waals surface area contributed by atoms with Crippen molar-refractivity contribution in [3.05, 3.63) is 0 Å². The lowest BCUT2D eigenvalue weighted by Crippen LogP contribution is -2.50. The number of rotatable bonds is 5. The summed E-state index contributed by atoms with van der Waals surface area (Å²) >= 11 is 0. The summed E-state index contributed by atoms with van der Waals surface area (Å²) in [6, 6.07) is 0. The molecule has 0 amide bonds. The second-order valence-corrected chi connectivity index (χ2v) is 2.53. The van der Waals surface area contributed by atoms with Crippen LogP contribution in [-0.2, 0) is 14.4 Å². The summed E-state index contributed by atoms with van der Waals surface area (Å²) in [5.74, 6) is -6.08. The third-order valence-electron chi connectivity index (χ3n) is 1.48. The lowest BCUT2D eigenvalue weighted by Gasteiger charge is -2.19. The van der Waals surface area contributed by atoms with Crippen LogP contribution < -0.4 is 0 Å². The maximum Gasteiger partial charge on any atom is 0.347 e. The third kappa shape index (κ3) is 2.41. The molecule has 0 saturated heterocycles. The van der Waals surface area contributed by atoms with Gasteiger partial charge >= 0.3 is 17.9 Å². The lowest BCUT2D eigenvalue weighted by atomic mass is 9.96. The molecule has 0 radical (unpaired) electrons. The molecule has 0 aliphatic rings. The average molecular weight is 208 g/mol. The fraction of sp³-hybridized carbons (Fsp3) is 0.500. The van der Waals surface area contributed by atoms with E-state index < -0.39 is 36.0 Å². The Balaban J connectivity index is 4.79. The van der Waals surface area contributed by atoms with Gasteiger partial charge in [-0.15, -0.1) is 0 Å². The molecule has 8 heteroatoms. The van der Waals surface area contributed by atoms with Gasteiger partial charge in [-0.3, -0.25) is 0 Å². The number of hydrogen-bond donors (Lipinski definition) is 5. The first kappa shape index (κ1) is 12.3. The van der Waals surface area contributed by atoms with Gasteiger partial charge in [-0.1, -0.05) is 0 Å². The number of aliphatic hydroxyl groups is 2. The van der Waals surface area contributed by atoms with Crippen molar-refractivity contribution in [2.75, 3.05) is 0 Å². The SMILES string of the molecule is O=C(O)C(O)CC(O)(C(=O)O)C(=O)O. The lowest BCUT2D eigenvalue weighted by molar-refractivity contribution is -0.180. The van der Waals surface area contributed by atoms with Gasteiger partial charge in [0.05, 0.1) is 0 Å². The summed E-state index contributed by atoms with van der Waals surface area (Å²) in [5.41, 5.74) is -3.29. The molecule has 0 aliphatic heterocycles. The molecular weight excluding hydrogens is 200 g/mol. The van der Waals surface area contributed by atoms with Crippen LogP contribution in [0.15, 0.2) is 0 Å². The molecule has 1 atom stereocenters. The van der Waals surface area contributed by atoms with Crippen LogP contribution in [0.3, 0.4) is 0 Å². The molecule has 0 aromatic carbocycles. The van der Waals surface area contributed by atoms with E-state index in [2.05, 4.69) is 0 Å². The number of carbonyl (C=O) groups is 3. The zero-order valence-electron chi connectivity index (χ0n) is 6.75. The third-order valence-corrected chi connectivity index (χ3v) is 1.48. The van der Waals surface area contributed by atoms with E-state index in [1.54, 1.807) is 0 Å². The highest BCUT2D eigenvalue weighted by molar-refractivity contribution is 6.01. The van der Waals surface area contributed by atoms with Crippen LogP contribution in [0.25, 0.3) is 0 Å². The van der Waals surface area contributed by atoms with Crippen molar-refractivity contribution in [2.45, 2.75) is 18.1 Å². The number of carboxylic acids is 3.